The van der Waals surface area contributed by atoms with Crippen LogP contribution < -0.4 is 16.4 Å². The van der Waals surface area contributed by atoms with Gasteiger partial charge in [-0.3, -0.25) is 4.79 Å². The third kappa shape index (κ3) is 6.62. The Hall–Kier alpha value is -5.31. The van der Waals surface area contributed by atoms with Crippen molar-refractivity contribution >= 4 is 40.2 Å². The molecular formula is C31H32FN9O2. The van der Waals surface area contributed by atoms with Crippen molar-refractivity contribution in [1.82, 2.24) is 24.6 Å². The van der Waals surface area contributed by atoms with E-state index in [0.29, 0.717) is 41.2 Å². The molecule has 2 aromatic heterocycles. The van der Waals surface area contributed by atoms with Crippen molar-refractivity contribution in [2.45, 2.75) is 39.7 Å². The average molecular weight is 582 g/mol. The smallest absolute Gasteiger partial charge is 0.323 e. The van der Waals surface area contributed by atoms with Gasteiger partial charge in [-0.15, -0.1) is 0 Å². The van der Waals surface area contributed by atoms with Crippen LogP contribution in [0.15, 0.2) is 66.6 Å². The van der Waals surface area contributed by atoms with Crippen LogP contribution in [0.25, 0.3) is 27.1 Å². The number of nitrogens with zero attached hydrogens (tertiary/aromatic N) is 6. The fourth-order valence-electron chi connectivity index (χ4n) is 5.08. The molecule has 5 rings (SSSR count). The second-order valence-corrected chi connectivity index (χ2v) is 11.5. The SMILES string of the molecule is [C-]#[N+]/C(=C\C(C)(C)C)C(=O)N1CCC[C@@H](n2nc(-c3ccc(NC(=O)Nc4cccc(F)c4)cc3)c3c(N)ncnc32)C1. The number of benzene rings is 2. The number of allylic oxidation sites excluding steroid dienone is 1. The van der Waals surface area contributed by atoms with Crippen molar-refractivity contribution in [3.8, 4) is 11.3 Å². The lowest BCUT2D eigenvalue weighted by Crippen LogP contribution is -2.41. The molecule has 1 fully saturated rings. The minimum absolute atomic E-state index is 0.115. The second-order valence-electron chi connectivity index (χ2n) is 11.5. The number of aromatic nitrogens is 4. The molecule has 0 aliphatic carbocycles. The standard InChI is InChI=1S/C31H32FN9O2/c1-31(2,3)16-24(34-4)29(42)40-14-6-9-23(17-40)41-28-25(27(33)35-18-36-28)26(39-41)19-10-12-21(13-11-19)37-30(43)38-22-8-5-7-20(32)15-22/h5,7-8,10-13,15-16,18,23H,6,9,14,17H2,1-3H3,(H2,33,35,36)(H2,37,38,43)/b24-16-/t23-/m1/s1. The van der Waals surface area contributed by atoms with E-state index in [1.165, 1.54) is 24.5 Å². The van der Waals surface area contributed by atoms with Crippen LogP contribution in [0.4, 0.5) is 26.4 Å². The first-order valence-electron chi connectivity index (χ1n) is 13.8. The summed E-state index contributed by atoms with van der Waals surface area (Å²) in [4.78, 5) is 39.6. The number of anilines is 3. The number of likely N-dealkylation sites (tertiary alicyclic amines) is 1. The molecule has 3 amide bonds. The number of urea groups is 1. The van der Waals surface area contributed by atoms with Gasteiger partial charge in [0.05, 0.1) is 18.0 Å². The van der Waals surface area contributed by atoms with Crippen LogP contribution in [0.5, 0.6) is 0 Å². The van der Waals surface area contributed by atoms with E-state index in [-0.39, 0.29) is 28.9 Å². The van der Waals surface area contributed by atoms with Gasteiger partial charge in [0.1, 0.15) is 23.7 Å². The highest BCUT2D eigenvalue weighted by molar-refractivity contribution is 6.01. The highest BCUT2D eigenvalue weighted by Gasteiger charge is 2.30. The van der Waals surface area contributed by atoms with Crippen molar-refractivity contribution in [1.29, 1.82) is 0 Å². The van der Waals surface area contributed by atoms with Gasteiger partial charge >= 0.3 is 6.03 Å². The number of nitrogen functional groups attached to an aromatic ring is 1. The zero-order chi connectivity index (χ0) is 30.7. The number of fused-ring (bicyclic) bond motifs is 1. The molecule has 2 aromatic carbocycles. The Kier molecular flexibility index (Phi) is 8.07. The normalized spacial score (nSPS) is 15.7. The summed E-state index contributed by atoms with van der Waals surface area (Å²) in [5.41, 5.74) is 8.82. The van der Waals surface area contributed by atoms with Crippen LogP contribution in [0.3, 0.4) is 0 Å². The quantitative estimate of drug-likeness (QED) is 0.199. The lowest BCUT2D eigenvalue weighted by atomic mass is 9.95. The summed E-state index contributed by atoms with van der Waals surface area (Å²) in [5.74, 6) is -0.463. The number of amides is 3. The molecule has 3 heterocycles. The fraction of sp³-hybridized carbons (Fsp3) is 0.290. The third-order valence-corrected chi connectivity index (χ3v) is 6.96. The lowest BCUT2D eigenvalue weighted by Gasteiger charge is -2.33. The first-order chi connectivity index (χ1) is 20.5. The predicted molar refractivity (Wildman–Crippen MR) is 163 cm³/mol. The van der Waals surface area contributed by atoms with E-state index in [9.17, 15) is 14.0 Å². The molecule has 0 unspecified atom stereocenters. The first-order valence-corrected chi connectivity index (χ1v) is 13.8. The highest BCUT2D eigenvalue weighted by atomic mass is 19.1. The topological polar surface area (TPSA) is 135 Å². The van der Waals surface area contributed by atoms with Gasteiger partial charge < -0.3 is 21.3 Å². The number of carbonyl (C=O) groups excluding carboxylic acids is 2. The van der Waals surface area contributed by atoms with E-state index in [0.717, 1.165) is 18.4 Å². The van der Waals surface area contributed by atoms with Crippen molar-refractivity contribution in [2.75, 3.05) is 29.5 Å². The highest BCUT2D eigenvalue weighted by Crippen LogP contribution is 2.34. The molecule has 4 aromatic rings. The summed E-state index contributed by atoms with van der Waals surface area (Å²) < 4.78 is 15.2. The van der Waals surface area contributed by atoms with Gasteiger partial charge in [0.15, 0.2) is 5.65 Å². The Morgan fingerprint density at radius 1 is 1.12 bits per heavy atom. The maximum absolute atomic E-state index is 13.4. The Labute approximate surface area is 248 Å². The van der Waals surface area contributed by atoms with Crippen molar-refractivity contribution < 1.29 is 14.0 Å². The number of rotatable bonds is 5. The van der Waals surface area contributed by atoms with Gasteiger partial charge in [-0.25, -0.2) is 28.7 Å². The Bertz CT molecular complexity index is 1750. The molecule has 1 atom stereocenters. The van der Waals surface area contributed by atoms with E-state index >= 15 is 0 Å². The van der Waals surface area contributed by atoms with Crippen molar-refractivity contribution in [2.24, 2.45) is 5.41 Å². The van der Waals surface area contributed by atoms with E-state index < -0.39 is 11.8 Å². The predicted octanol–water partition coefficient (Wildman–Crippen LogP) is 5.87. The van der Waals surface area contributed by atoms with Crippen LogP contribution in [0.2, 0.25) is 0 Å². The summed E-state index contributed by atoms with van der Waals surface area (Å²) in [7, 11) is 0. The zero-order valence-corrected chi connectivity index (χ0v) is 24.1. The molecule has 0 bridgehead atoms. The Morgan fingerprint density at radius 2 is 1.86 bits per heavy atom. The van der Waals surface area contributed by atoms with Crippen LogP contribution in [-0.4, -0.2) is 49.7 Å². The summed E-state index contributed by atoms with van der Waals surface area (Å²) in [6.07, 6.45) is 4.61. The van der Waals surface area contributed by atoms with Gasteiger partial charge in [0.2, 0.25) is 5.70 Å². The van der Waals surface area contributed by atoms with Crippen molar-refractivity contribution in [3.05, 3.63) is 83.9 Å². The molecule has 0 saturated carbocycles. The van der Waals surface area contributed by atoms with Crippen LogP contribution in [-0.2, 0) is 4.79 Å². The number of hydrogen-bond acceptors (Lipinski definition) is 6. The summed E-state index contributed by atoms with van der Waals surface area (Å²) in [6, 6.07) is 12.0. The average Bonchev–Trinajstić information content (AvgIpc) is 3.36. The molecule has 220 valence electrons. The number of nitrogens with two attached hydrogens (primary N) is 1. The molecule has 1 saturated heterocycles. The number of carbonyl (C=O) groups is 2. The van der Waals surface area contributed by atoms with Gasteiger partial charge in [-0.05, 0) is 48.6 Å². The summed E-state index contributed by atoms with van der Waals surface area (Å²) in [6.45, 7) is 14.4. The van der Waals surface area contributed by atoms with Gasteiger partial charge in [-0.2, -0.15) is 5.10 Å². The minimum atomic E-state index is -0.513. The number of hydrogen-bond donors (Lipinski definition) is 3. The van der Waals surface area contributed by atoms with Gasteiger partial charge in [0, 0.05) is 30.0 Å². The molecule has 11 nitrogen and oxygen atoms in total. The van der Waals surface area contributed by atoms with Crippen LogP contribution in [0.1, 0.15) is 39.7 Å². The van der Waals surface area contributed by atoms with E-state index in [1.807, 2.05) is 20.8 Å². The fourth-order valence-corrected chi connectivity index (χ4v) is 5.08. The van der Waals surface area contributed by atoms with Gasteiger partial charge in [-0.1, -0.05) is 45.0 Å². The number of halogens is 1. The minimum Gasteiger partial charge on any atom is -0.383 e. The molecular weight excluding hydrogens is 549 g/mol. The first kappa shape index (κ1) is 29.2. The second kappa shape index (κ2) is 11.9. The third-order valence-electron chi connectivity index (χ3n) is 6.96. The molecule has 12 heteroatoms. The molecule has 1 aliphatic rings. The van der Waals surface area contributed by atoms with Gasteiger partial charge in [0.25, 0.3) is 5.91 Å². The number of nitrogens with one attached hydrogen (secondary N) is 2. The Balaban J connectivity index is 1.39. The lowest BCUT2D eigenvalue weighted by molar-refractivity contribution is -0.128. The maximum atomic E-state index is 13.4. The van der Waals surface area contributed by atoms with Crippen LogP contribution >= 0.6 is 0 Å². The van der Waals surface area contributed by atoms with E-state index in [2.05, 4.69) is 25.4 Å². The molecule has 43 heavy (non-hydrogen) atoms. The molecule has 0 spiro atoms. The van der Waals surface area contributed by atoms with E-state index in [1.54, 1.807) is 46.0 Å². The van der Waals surface area contributed by atoms with Crippen LogP contribution in [0, 0.1) is 17.8 Å². The van der Waals surface area contributed by atoms with Crippen molar-refractivity contribution in [3.63, 3.8) is 0 Å². The maximum Gasteiger partial charge on any atom is 0.323 e. The summed E-state index contributed by atoms with van der Waals surface area (Å²) in [5, 5.41) is 10.8. The number of piperidine rings is 1. The zero-order valence-electron chi connectivity index (χ0n) is 24.1. The largest absolute Gasteiger partial charge is 0.383 e. The monoisotopic (exact) mass is 581 g/mol. The molecule has 1 aliphatic heterocycles. The Morgan fingerprint density at radius 3 is 2.56 bits per heavy atom. The van der Waals surface area contributed by atoms with E-state index in [4.69, 9.17) is 17.4 Å². The molecule has 4 N–H and O–H groups in total. The molecule has 0 radical (unpaired) electrons. The summed E-state index contributed by atoms with van der Waals surface area (Å²) >= 11 is 0.